The molecule has 1 amide bonds. The molecule has 5 N–H and O–H groups in total. The van der Waals surface area contributed by atoms with Crippen LogP contribution in [-0.4, -0.2) is 30.0 Å². The average Bonchev–Trinajstić information content (AvgIpc) is 2.64. The van der Waals surface area contributed by atoms with Gasteiger partial charge in [0.05, 0.1) is 6.61 Å². The number of anilines is 2. The minimum absolute atomic E-state index is 0.177. The Balaban J connectivity index is 2.29. The number of nitrogen functional groups attached to an aromatic ring is 1. The van der Waals surface area contributed by atoms with Crippen molar-refractivity contribution >= 4 is 28.3 Å². The van der Waals surface area contributed by atoms with Gasteiger partial charge in [0.15, 0.2) is 5.82 Å². The Morgan fingerprint density at radius 1 is 1.50 bits per heavy atom. The van der Waals surface area contributed by atoms with Crippen LogP contribution in [-0.2, 0) is 4.74 Å². The van der Waals surface area contributed by atoms with Gasteiger partial charge in [-0.1, -0.05) is 13.8 Å². The van der Waals surface area contributed by atoms with Gasteiger partial charge in [-0.05, 0) is 23.9 Å². The van der Waals surface area contributed by atoms with E-state index >= 15 is 0 Å². The van der Waals surface area contributed by atoms with E-state index in [0.717, 1.165) is 24.6 Å². The van der Waals surface area contributed by atoms with Crippen LogP contribution < -0.4 is 16.8 Å². The van der Waals surface area contributed by atoms with Gasteiger partial charge in [0.25, 0.3) is 5.91 Å². The number of aromatic nitrogens is 1. The van der Waals surface area contributed by atoms with Gasteiger partial charge in [0.1, 0.15) is 10.6 Å². The summed E-state index contributed by atoms with van der Waals surface area (Å²) in [5.74, 6) is 0.251. The Morgan fingerprint density at radius 2 is 2.22 bits per heavy atom. The number of nitrogens with two attached hydrogens (primary N) is 2. The lowest BCUT2D eigenvalue weighted by Crippen LogP contribution is -2.16. The fraction of sp³-hybridized carbons (Fsp3) is 0.636. The molecule has 1 heterocycles. The standard InChI is InChI=1S/C11H20N4O2S/c1-7(2)3-5-17-6-4-14-11-8(10(13)16)9(12)15-18-11/h7,14H,3-6H2,1-2H3,(H2,12,15)(H2,13,16). The average molecular weight is 272 g/mol. The van der Waals surface area contributed by atoms with Gasteiger partial charge in [-0.25, -0.2) is 0 Å². The highest BCUT2D eigenvalue weighted by molar-refractivity contribution is 7.11. The van der Waals surface area contributed by atoms with Gasteiger partial charge >= 0.3 is 0 Å². The molecule has 0 bridgehead atoms. The third-order valence-corrected chi connectivity index (χ3v) is 3.16. The molecule has 0 aromatic carbocycles. The third-order valence-electron chi connectivity index (χ3n) is 2.34. The molecule has 102 valence electrons. The third kappa shape index (κ3) is 4.50. The number of rotatable bonds is 8. The summed E-state index contributed by atoms with van der Waals surface area (Å²) in [6, 6.07) is 0. The first-order valence-electron chi connectivity index (χ1n) is 5.89. The molecule has 0 aliphatic heterocycles. The highest BCUT2D eigenvalue weighted by Gasteiger charge is 2.15. The monoisotopic (exact) mass is 272 g/mol. The Hall–Kier alpha value is -1.34. The number of hydrogen-bond acceptors (Lipinski definition) is 6. The van der Waals surface area contributed by atoms with Gasteiger partial charge in [-0.15, -0.1) is 0 Å². The summed E-state index contributed by atoms with van der Waals surface area (Å²) in [7, 11) is 0. The van der Waals surface area contributed by atoms with Crippen LogP contribution in [0.15, 0.2) is 0 Å². The molecule has 18 heavy (non-hydrogen) atoms. The molecular formula is C11H20N4O2S. The summed E-state index contributed by atoms with van der Waals surface area (Å²) < 4.78 is 9.34. The minimum atomic E-state index is -0.565. The van der Waals surface area contributed by atoms with Crippen LogP contribution in [0.2, 0.25) is 0 Å². The van der Waals surface area contributed by atoms with E-state index < -0.39 is 5.91 Å². The van der Waals surface area contributed by atoms with Crippen molar-refractivity contribution in [1.82, 2.24) is 4.37 Å². The highest BCUT2D eigenvalue weighted by atomic mass is 32.1. The number of carbonyl (C=O) groups is 1. The van der Waals surface area contributed by atoms with Gasteiger partial charge in [-0.2, -0.15) is 4.37 Å². The maximum Gasteiger partial charge on any atom is 0.255 e. The maximum absolute atomic E-state index is 11.2. The van der Waals surface area contributed by atoms with Gasteiger partial charge < -0.3 is 21.5 Å². The largest absolute Gasteiger partial charge is 0.382 e. The van der Waals surface area contributed by atoms with Crippen molar-refractivity contribution in [3.8, 4) is 0 Å². The second-order valence-electron chi connectivity index (χ2n) is 4.36. The summed E-state index contributed by atoms with van der Waals surface area (Å²) in [5.41, 5.74) is 11.0. The lowest BCUT2D eigenvalue weighted by atomic mass is 10.1. The first-order chi connectivity index (χ1) is 8.52. The van der Waals surface area contributed by atoms with Crippen LogP contribution in [0, 0.1) is 5.92 Å². The second-order valence-corrected chi connectivity index (χ2v) is 5.13. The minimum Gasteiger partial charge on any atom is -0.382 e. The van der Waals surface area contributed by atoms with Crippen LogP contribution in [0.1, 0.15) is 30.6 Å². The van der Waals surface area contributed by atoms with Crippen molar-refractivity contribution in [3.63, 3.8) is 0 Å². The molecule has 7 heteroatoms. The summed E-state index contributed by atoms with van der Waals surface area (Å²) in [5, 5.41) is 3.66. The molecule has 0 saturated heterocycles. The van der Waals surface area contributed by atoms with Crippen molar-refractivity contribution in [3.05, 3.63) is 5.56 Å². The second kappa shape index (κ2) is 7.17. The number of hydrogen-bond donors (Lipinski definition) is 3. The molecule has 6 nitrogen and oxygen atoms in total. The predicted octanol–water partition coefficient (Wildman–Crippen LogP) is 1.30. The highest BCUT2D eigenvalue weighted by Crippen LogP contribution is 2.25. The van der Waals surface area contributed by atoms with Gasteiger partial charge in [-0.3, -0.25) is 4.79 Å². The Bertz CT molecular complexity index is 392. The fourth-order valence-electron chi connectivity index (χ4n) is 1.32. The Kier molecular flexibility index (Phi) is 5.87. The summed E-state index contributed by atoms with van der Waals surface area (Å²) in [6.07, 6.45) is 1.04. The smallest absolute Gasteiger partial charge is 0.255 e. The Morgan fingerprint density at radius 3 is 2.83 bits per heavy atom. The molecule has 0 saturated carbocycles. The van der Waals surface area contributed by atoms with Crippen molar-refractivity contribution < 1.29 is 9.53 Å². The number of carbonyl (C=O) groups excluding carboxylic acids is 1. The topological polar surface area (TPSA) is 103 Å². The number of primary amides is 1. The first-order valence-corrected chi connectivity index (χ1v) is 6.66. The zero-order valence-corrected chi connectivity index (χ0v) is 11.5. The van der Waals surface area contributed by atoms with E-state index in [0.29, 0.717) is 24.1 Å². The molecule has 1 rings (SSSR count). The van der Waals surface area contributed by atoms with Crippen molar-refractivity contribution in [1.29, 1.82) is 0 Å². The van der Waals surface area contributed by atoms with Crippen LogP contribution in [0.4, 0.5) is 10.8 Å². The molecule has 0 fully saturated rings. The van der Waals surface area contributed by atoms with Crippen LogP contribution in [0.25, 0.3) is 0 Å². The Labute approximate surface area is 111 Å². The molecule has 1 aromatic rings. The van der Waals surface area contributed by atoms with E-state index in [1.54, 1.807) is 0 Å². The fourth-order valence-corrected chi connectivity index (χ4v) is 2.06. The van der Waals surface area contributed by atoms with Gasteiger partial charge in [0, 0.05) is 13.2 Å². The lowest BCUT2D eigenvalue weighted by molar-refractivity contribution is 0.100. The maximum atomic E-state index is 11.2. The number of nitrogens with one attached hydrogen (secondary N) is 1. The quantitative estimate of drug-likeness (QED) is 0.619. The lowest BCUT2D eigenvalue weighted by Gasteiger charge is -2.07. The zero-order chi connectivity index (χ0) is 13.5. The van der Waals surface area contributed by atoms with E-state index in [-0.39, 0.29) is 11.4 Å². The van der Waals surface area contributed by atoms with E-state index in [9.17, 15) is 4.79 Å². The normalized spacial score (nSPS) is 10.8. The van der Waals surface area contributed by atoms with E-state index in [1.807, 2.05) is 0 Å². The van der Waals surface area contributed by atoms with Crippen molar-refractivity contribution in [2.75, 3.05) is 30.8 Å². The zero-order valence-electron chi connectivity index (χ0n) is 10.7. The number of nitrogens with zero attached hydrogens (tertiary/aromatic N) is 1. The molecule has 0 radical (unpaired) electrons. The SMILES string of the molecule is CC(C)CCOCCNc1snc(N)c1C(N)=O. The number of ether oxygens (including phenoxy) is 1. The molecule has 0 aliphatic carbocycles. The summed E-state index contributed by atoms with van der Waals surface area (Å²) in [6.45, 7) is 6.22. The molecule has 0 spiro atoms. The van der Waals surface area contributed by atoms with E-state index in [4.69, 9.17) is 16.2 Å². The van der Waals surface area contributed by atoms with Crippen molar-refractivity contribution in [2.24, 2.45) is 11.7 Å². The first kappa shape index (κ1) is 14.7. The predicted molar refractivity (Wildman–Crippen MR) is 73.8 cm³/mol. The van der Waals surface area contributed by atoms with Gasteiger partial charge in [0.2, 0.25) is 0 Å². The molecule has 0 aliphatic rings. The van der Waals surface area contributed by atoms with E-state index in [1.165, 1.54) is 0 Å². The van der Waals surface area contributed by atoms with E-state index in [2.05, 4.69) is 23.5 Å². The van der Waals surface area contributed by atoms with Crippen molar-refractivity contribution in [2.45, 2.75) is 20.3 Å². The molecular weight excluding hydrogens is 252 g/mol. The van der Waals surface area contributed by atoms with Crippen LogP contribution >= 0.6 is 11.5 Å². The molecule has 0 atom stereocenters. The summed E-state index contributed by atoms with van der Waals surface area (Å²) >= 11 is 1.13. The molecule has 1 aromatic heterocycles. The molecule has 0 unspecified atom stereocenters. The van der Waals surface area contributed by atoms with Crippen LogP contribution in [0.3, 0.4) is 0 Å². The number of amides is 1. The summed E-state index contributed by atoms with van der Waals surface area (Å²) in [4.78, 5) is 11.2. The van der Waals surface area contributed by atoms with Crippen LogP contribution in [0.5, 0.6) is 0 Å².